The average Bonchev–Trinajstić information content (AvgIpc) is 3.41. The quantitative estimate of drug-likeness (QED) is 0.298. The van der Waals surface area contributed by atoms with Crippen molar-refractivity contribution in [2.24, 2.45) is 0 Å². The Morgan fingerprint density at radius 3 is 2.37 bits per heavy atom. The van der Waals surface area contributed by atoms with Crippen molar-refractivity contribution in [3.63, 3.8) is 0 Å². The smallest absolute Gasteiger partial charge is 0.408 e. The fourth-order valence-corrected chi connectivity index (χ4v) is 3.89. The van der Waals surface area contributed by atoms with Gasteiger partial charge in [0.05, 0.1) is 19.8 Å². The largest absolute Gasteiger partial charge is 0.493 e. The summed E-state index contributed by atoms with van der Waals surface area (Å²) in [5.74, 6) is 0.132. The number of carbonyl (C=O) groups excluding carboxylic acids is 2. The number of anilines is 1. The molecule has 0 aliphatic heterocycles. The van der Waals surface area contributed by atoms with Crippen LogP contribution in [-0.2, 0) is 16.0 Å². The minimum absolute atomic E-state index is 0.257. The Bertz CT molecular complexity index is 1070. The molecule has 7 nitrogen and oxygen atoms in total. The third-order valence-corrected chi connectivity index (χ3v) is 6.19. The van der Waals surface area contributed by atoms with Gasteiger partial charge >= 0.3 is 6.09 Å². The van der Waals surface area contributed by atoms with E-state index in [1.54, 1.807) is 35.6 Å². The second-order valence-corrected chi connectivity index (χ2v) is 9.17. The van der Waals surface area contributed by atoms with Crippen molar-refractivity contribution in [3.05, 3.63) is 70.9 Å². The first-order valence-corrected chi connectivity index (χ1v) is 12.6. The van der Waals surface area contributed by atoms with E-state index in [1.807, 2.05) is 6.92 Å². The minimum Gasteiger partial charge on any atom is -0.493 e. The van der Waals surface area contributed by atoms with Crippen molar-refractivity contribution in [1.82, 2.24) is 5.32 Å². The third-order valence-electron chi connectivity index (χ3n) is 5.51. The normalized spacial score (nSPS) is 12.4. The molecule has 35 heavy (non-hydrogen) atoms. The van der Waals surface area contributed by atoms with Gasteiger partial charge in [0, 0.05) is 12.1 Å². The fraction of sp³-hybridized carbons (Fsp3) is 0.333. The number of hydrogen-bond donors (Lipinski definition) is 3. The van der Waals surface area contributed by atoms with E-state index in [2.05, 4.69) is 51.7 Å². The Morgan fingerprint density at radius 2 is 1.74 bits per heavy atom. The molecule has 0 fully saturated rings. The van der Waals surface area contributed by atoms with E-state index in [-0.39, 0.29) is 6.61 Å². The van der Waals surface area contributed by atoms with E-state index >= 15 is 0 Å². The van der Waals surface area contributed by atoms with Gasteiger partial charge in [-0.1, -0.05) is 37.6 Å². The van der Waals surface area contributed by atoms with Gasteiger partial charge in [0.1, 0.15) is 11.3 Å². The first-order chi connectivity index (χ1) is 16.9. The van der Waals surface area contributed by atoms with Crippen molar-refractivity contribution < 1.29 is 24.2 Å². The number of aliphatic hydroxyl groups excluding tert-OH is 1. The van der Waals surface area contributed by atoms with Crippen molar-refractivity contribution in [2.45, 2.75) is 38.6 Å². The molecule has 3 rings (SSSR count). The van der Waals surface area contributed by atoms with Gasteiger partial charge in [-0.2, -0.15) is 11.3 Å². The summed E-state index contributed by atoms with van der Waals surface area (Å²) in [5, 5.41) is 19.1. The van der Waals surface area contributed by atoms with Gasteiger partial charge in [0.25, 0.3) is 5.91 Å². The van der Waals surface area contributed by atoms with Gasteiger partial charge in [-0.3, -0.25) is 4.79 Å². The van der Waals surface area contributed by atoms with Crippen molar-refractivity contribution >= 4 is 29.0 Å². The summed E-state index contributed by atoms with van der Waals surface area (Å²) in [4.78, 5) is 24.6. The number of nitrogens with one attached hydrogen (secondary N) is 2. The zero-order valence-corrected chi connectivity index (χ0v) is 20.9. The number of unbranched alkanes of at least 4 members (excludes halogenated alkanes) is 1. The van der Waals surface area contributed by atoms with Crippen LogP contribution in [0.25, 0.3) is 11.1 Å². The maximum Gasteiger partial charge on any atom is 0.408 e. The zero-order chi connectivity index (χ0) is 25.1. The number of amides is 2. The second-order valence-electron chi connectivity index (χ2n) is 8.39. The molecule has 0 bridgehead atoms. The third kappa shape index (κ3) is 7.83. The standard InChI is InChI=1S/C27H32N2O5S/c1-3-4-15-34-26(32)29-27(2,19-30)25(31)28-23-9-11-24(12-10-23)33-16-13-20-5-7-21(8-6-20)22-14-17-35-18-22/h5-12,14,17-18,30H,3-4,13,15-16,19H2,1-2H3,(H,28,31)(H,29,32)/t27-/m0/s1. The Balaban J connectivity index is 1.46. The van der Waals surface area contributed by atoms with Crippen LogP contribution in [0.15, 0.2) is 65.4 Å². The molecule has 0 unspecified atom stereocenters. The van der Waals surface area contributed by atoms with Crippen LogP contribution in [0, 0.1) is 0 Å². The lowest BCUT2D eigenvalue weighted by atomic mass is 10.0. The van der Waals surface area contributed by atoms with Gasteiger partial charge < -0.3 is 25.2 Å². The first-order valence-electron chi connectivity index (χ1n) is 11.6. The molecule has 2 aromatic carbocycles. The number of carbonyl (C=O) groups is 2. The summed E-state index contributed by atoms with van der Waals surface area (Å²) in [5.41, 5.74) is 2.63. The summed E-state index contributed by atoms with van der Waals surface area (Å²) in [6.45, 7) is 3.63. The summed E-state index contributed by atoms with van der Waals surface area (Å²) < 4.78 is 10.9. The number of benzene rings is 2. The molecule has 0 saturated carbocycles. The number of alkyl carbamates (subject to hydrolysis) is 1. The molecule has 186 valence electrons. The molecule has 0 aliphatic carbocycles. The molecule has 8 heteroatoms. The lowest BCUT2D eigenvalue weighted by Crippen LogP contribution is -2.57. The lowest BCUT2D eigenvalue weighted by molar-refractivity contribution is -0.123. The Kier molecular flexibility index (Phi) is 9.69. The van der Waals surface area contributed by atoms with Crippen LogP contribution in [0.3, 0.4) is 0 Å². The predicted octanol–water partition coefficient (Wildman–Crippen LogP) is 5.25. The molecule has 3 N–H and O–H groups in total. The predicted molar refractivity (Wildman–Crippen MR) is 139 cm³/mol. The van der Waals surface area contributed by atoms with Crippen LogP contribution in [0.4, 0.5) is 10.5 Å². The van der Waals surface area contributed by atoms with Gasteiger partial charge in [0.15, 0.2) is 0 Å². The van der Waals surface area contributed by atoms with E-state index in [9.17, 15) is 14.7 Å². The van der Waals surface area contributed by atoms with Gasteiger partial charge in [-0.25, -0.2) is 4.79 Å². The zero-order valence-electron chi connectivity index (χ0n) is 20.1. The highest BCUT2D eigenvalue weighted by atomic mass is 32.1. The highest BCUT2D eigenvalue weighted by Crippen LogP contribution is 2.23. The molecule has 0 saturated heterocycles. The van der Waals surface area contributed by atoms with Crippen molar-refractivity contribution in [3.8, 4) is 16.9 Å². The molecule has 0 aliphatic rings. The van der Waals surface area contributed by atoms with Crippen LogP contribution in [0.2, 0.25) is 0 Å². The van der Waals surface area contributed by atoms with Crippen LogP contribution in [0.1, 0.15) is 32.3 Å². The summed E-state index contributed by atoms with van der Waals surface area (Å²) >= 11 is 1.69. The van der Waals surface area contributed by atoms with Gasteiger partial charge in [-0.15, -0.1) is 0 Å². The van der Waals surface area contributed by atoms with Crippen molar-refractivity contribution in [1.29, 1.82) is 0 Å². The number of hydrogen-bond acceptors (Lipinski definition) is 6. The molecule has 2 amide bonds. The average molecular weight is 497 g/mol. The molecule has 1 aromatic heterocycles. The summed E-state index contributed by atoms with van der Waals surface area (Å²) in [6, 6.07) is 17.5. The molecule has 3 aromatic rings. The number of rotatable bonds is 12. The van der Waals surface area contributed by atoms with E-state index in [0.717, 1.165) is 19.3 Å². The molecular weight excluding hydrogens is 464 g/mol. The van der Waals surface area contributed by atoms with Crippen LogP contribution in [-0.4, -0.2) is 42.5 Å². The molecule has 0 spiro atoms. The van der Waals surface area contributed by atoms with Crippen LogP contribution in [0.5, 0.6) is 5.75 Å². The SMILES string of the molecule is CCCCOC(=O)N[C@@](C)(CO)C(=O)Nc1ccc(OCCc2ccc(-c3ccsc3)cc2)cc1. The number of aliphatic hydroxyl groups is 1. The maximum atomic E-state index is 12.7. The van der Waals surface area contributed by atoms with E-state index in [4.69, 9.17) is 9.47 Å². The Labute approximate surface area is 210 Å². The van der Waals surface area contributed by atoms with Crippen molar-refractivity contribution in [2.75, 3.05) is 25.1 Å². The van der Waals surface area contributed by atoms with Gasteiger partial charge in [0.2, 0.25) is 0 Å². The number of thiophene rings is 1. The number of ether oxygens (including phenoxy) is 2. The Morgan fingerprint density at radius 1 is 1.00 bits per heavy atom. The summed E-state index contributed by atoms with van der Waals surface area (Å²) in [7, 11) is 0. The topological polar surface area (TPSA) is 96.9 Å². The highest BCUT2D eigenvalue weighted by Gasteiger charge is 2.35. The van der Waals surface area contributed by atoms with E-state index in [1.165, 1.54) is 23.6 Å². The van der Waals surface area contributed by atoms with E-state index < -0.39 is 24.1 Å². The molecular formula is C27H32N2O5S. The lowest BCUT2D eigenvalue weighted by Gasteiger charge is -2.27. The van der Waals surface area contributed by atoms with E-state index in [0.29, 0.717) is 18.0 Å². The summed E-state index contributed by atoms with van der Waals surface area (Å²) in [6.07, 6.45) is 1.64. The van der Waals surface area contributed by atoms with Crippen LogP contribution < -0.4 is 15.4 Å². The van der Waals surface area contributed by atoms with Gasteiger partial charge in [-0.05, 0) is 71.1 Å². The molecule has 1 atom stereocenters. The van der Waals surface area contributed by atoms with Crippen LogP contribution >= 0.6 is 11.3 Å². The fourth-order valence-electron chi connectivity index (χ4n) is 3.22. The molecule has 1 heterocycles. The Hall–Kier alpha value is -3.36. The first kappa shape index (κ1) is 26.2. The second kappa shape index (κ2) is 12.9. The highest BCUT2D eigenvalue weighted by molar-refractivity contribution is 7.08. The monoisotopic (exact) mass is 496 g/mol. The molecule has 0 radical (unpaired) electrons. The minimum atomic E-state index is -1.52. The maximum absolute atomic E-state index is 12.7.